The SMILES string of the molecule is CCCNC1CSCC1CC1Cc2ccccc2S1. The molecule has 0 aliphatic carbocycles. The van der Waals surface area contributed by atoms with E-state index in [9.17, 15) is 0 Å². The van der Waals surface area contributed by atoms with Gasteiger partial charge in [0.1, 0.15) is 0 Å². The minimum absolute atomic E-state index is 0.759. The van der Waals surface area contributed by atoms with Crippen LogP contribution in [-0.2, 0) is 6.42 Å². The second-order valence-corrected chi connectivity index (χ2v) is 8.06. The molecule has 0 aromatic heterocycles. The lowest BCUT2D eigenvalue weighted by molar-refractivity contribution is 0.401. The predicted molar refractivity (Wildman–Crippen MR) is 87.3 cm³/mol. The molecule has 3 heteroatoms. The Bertz CT molecular complexity index is 396. The molecule has 1 aromatic carbocycles. The Balaban J connectivity index is 1.55. The zero-order valence-electron chi connectivity index (χ0n) is 11.6. The summed E-state index contributed by atoms with van der Waals surface area (Å²) < 4.78 is 0. The first kappa shape index (κ1) is 13.8. The topological polar surface area (TPSA) is 12.0 Å². The maximum atomic E-state index is 3.75. The summed E-state index contributed by atoms with van der Waals surface area (Å²) in [6.07, 6.45) is 3.91. The number of benzene rings is 1. The molecule has 1 N–H and O–H groups in total. The van der Waals surface area contributed by atoms with E-state index in [4.69, 9.17) is 0 Å². The van der Waals surface area contributed by atoms with Crippen molar-refractivity contribution < 1.29 is 0 Å². The van der Waals surface area contributed by atoms with Crippen LogP contribution in [0.5, 0.6) is 0 Å². The number of fused-ring (bicyclic) bond motifs is 1. The third-order valence-electron chi connectivity index (χ3n) is 4.13. The standard InChI is InChI=1S/C16H23NS2/c1-2-7-17-15-11-18-10-13(15)9-14-8-12-5-3-4-6-16(12)19-14/h3-6,13-15,17H,2,7-11H2,1H3. The van der Waals surface area contributed by atoms with Crippen LogP contribution < -0.4 is 5.32 Å². The minimum Gasteiger partial charge on any atom is -0.313 e. The number of thioether (sulfide) groups is 2. The molecule has 3 unspecified atom stereocenters. The van der Waals surface area contributed by atoms with Gasteiger partial charge < -0.3 is 5.32 Å². The van der Waals surface area contributed by atoms with E-state index in [1.165, 1.54) is 42.2 Å². The van der Waals surface area contributed by atoms with E-state index in [1.807, 2.05) is 0 Å². The van der Waals surface area contributed by atoms with E-state index < -0.39 is 0 Å². The molecule has 19 heavy (non-hydrogen) atoms. The monoisotopic (exact) mass is 293 g/mol. The van der Waals surface area contributed by atoms with Crippen molar-refractivity contribution in [3.8, 4) is 0 Å². The van der Waals surface area contributed by atoms with Crippen molar-refractivity contribution in [2.75, 3.05) is 18.1 Å². The summed E-state index contributed by atoms with van der Waals surface area (Å²) in [7, 11) is 0. The summed E-state index contributed by atoms with van der Waals surface area (Å²) >= 11 is 4.25. The van der Waals surface area contributed by atoms with E-state index in [-0.39, 0.29) is 0 Å². The van der Waals surface area contributed by atoms with Crippen molar-refractivity contribution in [2.24, 2.45) is 5.92 Å². The summed E-state index contributed by atoms with van der Waals surface area (Å²) in [5.41, 5.74) is 1.57. The number of hydrogen-bond acceptors (Lipinski definition) is 3. The molecule has 3 atom stereocenters. The first-order valence-corrected chi connectivity index (χ1v) is 9.46. The Labute approximate surface area is 125 Å². The number of nitrogens with one attached hydrogen (secondary N) is 1. The van der Waals surface area contributed by atoms with Gasteiger partial charge in [0.2, 0.25) is 0 Å². The van der Waals surface area contributed by atoms with Crippen LogP contribution >= 0.6 is 23.5 Å². The van der Waals surface area contributed by atoms with Crippen LogP contribution in [0.3, 0.4) is 0 Å². The van der Waals surface area contributed by atoms with Crippen molar-refractivity contribution in [3.05, 3.63) is 29.8 Å². The van der Waals surface area contributed by atoms with Gasteiger partial charge in [-0.1, -0.05) is 25.1 Å². The summed E-state index contributed by atoms with van der Waals surface area (Å²) in [6, 6.07) is 9.70. The van der Waals surface area contributed by atoms with Gasteiger partial charge in [-0.15, -0.1) is 11.8 Å². The smallest absolute Gasteiger partial charge is 0.0194 e. The molecule has 0 amide bonds. The maximum Gasteiger partial charge on any atom is 0.0194 e. The molecule has 2 heterocycles. The molecule has 1 fully saturated rings. The van der Waals surface area contributed by atoms with Gasteiger partial charge in [-0.2, -0.15) is 11.8 Å². The molecule has 0 radical (unpaired) electrons. The van der Waals surface area contributed by atoms with Crippen LogP contribution in [0.15, 0.2) is 29.2 Å². The van der Waals surface area contributed by atoms with Gasteiger partial charge in [0.05, 0.1) is 0 Å². The lowest BCUT2D eigenvalue weighted by Gasteiger charge is -2.22. The first-order valence-electron chi connectivity index (χ1n) is 7.42. The molecule has 2 aliphatic rings. The quantitative estimate of drug-likeness (QED) is 0.886. The number of rotatable bonds is 5. The molecule has 0 spiro atoms. The first-order chi connectivity index (χ1) is 9.36. The van der Waals surface area contributed by atoms with Gasteiger partial charge in [0.15, 0.2) is 0 Å². The fourth-order valence-corrected chi connectivity index (χ4v) is 5.99. The van der Waals surface area contributed by atoms with E-state index in [2.05, 4.69) is 60.0 Å². The van der Waals surface area contributed by atoms with Crippen LogP contribution in [0.2, 0.25) is 0 Å². The van der Waals surface area contributed by atoms with Crippen molar-refractivity contribution >= 4 is 23.5 Å². The van der Waals surface area contributed by atoms with Crippen LogP contribution in [0.4, 0.5) is 0 Å². The summed E-state index contributed by atoms with van der Waals surface area (Å²) in [4.78, 5) is 1.52. The Hall–Kier alpha value is -0.120. The highest BCUT2D eigenvalue weighted by atomic mass is 32.2. The largest absolute Gasteiger partial charge is 0.313 e. The Morgan fingerprint density at radius 2 is 2.16 bits per heavy atom. The second kappa shape index (κ2) is 6.55. The molecule has 1 saturated heterocycles. The molecule has 104 valence electrons. The van der Waals surface area contributed by atoms with Gasteiger partial charge in [-0.05, 0) is 49.1 Å². The summed E-state index contributed by atoms with van der Waals surface area (Å²) in [6.45, 7) is 3.44. The third-order valence-corrected chi connectivity index (χ3v) is 6.74. The predicted octanol–water partition coefficient (Wildman–Crippen LogP) is 3.82. The van der Waals surface area contributed by atoms with Crippen molar-refractivity contribution in [3.63, 3.8) is 0 Å². The Kier molecular flexibility index (Phi) is 4.78. The van der Waals surface area contributed by atoms with Gasteiger partial charge in [0.25, 0.3) is 0 Å². The van der Waals surface area contributed by atoms with Gasteiger partial charge >= 0.3 is 0 Å². The van der Waals surface area contributed by atoms with E-state index in [0.717, 1.165) is 17.2 Å². The van der Waals surface area contributed by atoms with Crippen LogP contribution in [0.25, 0.3) is 0 Å². The molecular formula is C16H23NS2. The molecule has 2 aliphatic heterocycles. The van der Waals surface area contributed by atoms with Gasteiger partial charge in [-0.25, -0.2) is 0 Å². The summed E-state index contributed by atoms with van der Waals surface area (Å²) in [5, 5.41) is 4.56. The maximum absolute atomic E-state index is 3.75. The molecule has 1 nitrogen and oxygen atoms in total. The van der Waals surface area contributed by atoms with Gasteiger partial charge in [-0.3, -0.25) is 0 Å². The molecule has 1 aromatic rings. The van der Waals surface area contributed by atoms with E-state index >= 15 is 0 Å². The van der Waals surface area contributed by atoms with Crippen LogP contribution in [0.1, 0.15) is 25.3 Å². The third kappa shape index (κ3) is 3.32. The molecule has 3 rings (SSSR count). The lowest BCUT2D eigenvalue weighted by atomic mass is 9.95. The van der Waals surface area contributed by atoms with Crippen molar-refractivity contribution in [2.45, 2.75) is 42.4 Å². The highest BCUT2D eigenvalue weighted by molar-refractivity contribution is 8.00. The molecule has 0 saturated carbocycles. The zero-order valence-corrected chi connectivity index (χ0v) is 13.2. The molecular weight excluding hydrogens is 270 g/mol. The second-order valence-electron chi connectivity index (χ2n) is 5.65. The fourth-order valence-electron chi connectivity index (χ4n) is 3.11. The van der Waals surface area contributed by atoms with Crippen LogP contribution in [0, 0.1) is 5.92 Å². The molecule has 0 bridgehead atoms. The van der Waals surface area contributed by atoms with E-state index in [0.29, 0.717) is 0 Å². The van der Waals surface area contributed by atoms with Crippen LogP contribution in [-0.4, -0.2) is 29.3 Å². The summed E-state index contributed by atoms with van der Waals surface area (Å²) in [5.74, 6) is 3.55. The van der Waals surface area contributed by atoms with E-state index in [1.54, 1.807) is 5.56 Å². The van der Waals surface area contributed by atoms with Crippen molar-refractivity contribution in [1.29, 1.82) is 0 Å². The minimum atomic E-state index is 0.759. The normalized spacial score (nSPS) is 29.6. The highest BCUT2D eigenvalue weighted by Crippen LogP contribution is 2.41. The average molecular weight is 294 g/mol. The van der Waals surface area contributed by atoms with Crippen molar-refractivity contribution in [1.82, 2.24) is 5.32 Å². The Morgan fingerprint density at radius 1 is 1.26 bits per heavy atom. The highest BCUT2D eigenvalue weighted by Gasteiger charge is 2.32. The van der Waals surface area contributed by atoms with Gasteiger partial charge in [0, 0.05) is 21.9 Å². The average Bonchev–Trinajstić information content (AvgIpc) is 3.02. The lowest BCUT2D eigenvalue weighted by Crippen LogP contribution is -2.37. The fraction of sp³-hybridized carbons (Fsp3) is 0.625. The Morgan fingerprint density at radius 3 is 3.00 bits per heavy atom. The zero-order chi connectivity index (χ0) is 13.1. The number of hydrogen-bond donors (Lipinski definition) is 1.